The Bertz CT molecular complexity index is 677. The Morgan fingerprint density at radius 2 is 2.28 bits per heavy atom. The number of halogens is 1. The van der Waals surface area contributed by atoms with E-state index in [0.29, 0.717) is 12.4 Å². The van der Waals surface area contributed by atoms with Crippen LogP contribution in [0.4, 0.5) is 5.82 Å². The third-order valence-corrected chi connectivity index (χ3v) is 2.67. The third-order valence-electron chi connectivity index (χ3n) is 2.40. The zero-order chi connectivity index (χ0) is 13.1. The quantitative estimate of drug-likeness (QED) is 0.856. The predicted molar refractivity (Wildman–Crippen MR) is 69.2 cm³/mol. The maximum absolute atomic E-state index is 11.6. The van der Waals surface area contributed by atoms with E-state index in [0.717, 1.165) is 5.56 Å². The summed E-state index contributed by atoms with van der Waals surface area (Å²) in [5, 5.41) is 2.89. The minimum Gasteiger partial charge on any atom is -0.373 e. The molecule has 2 heterocycles. The van der Waals surface area contributed by atoms with E-state index < -0.39 is 11.2 Å². The molecule has 2 rings (SSSR count). The maximum atomic E-state index is 11.6. The van der Waals surface area contributed by atoms with Gasteiger partial charge in [-0.3, -0.25) is 14.3 Å². The molecule has 2 N–H and O–H groups in total. The summed E-state index contributed by atoms with van der Waals surface area (Å²) in [6, 6.07) is 3.59. The van der Waals surface area contributed by atoms with Crippen LogP contribution in [-0.4, -0.2) is 21.6 Å². The standard InChI is InChI=1S/C11H11ClN4O2/c1-13-9-4-7(2-3-14-9)5-16-6-8(12)10(17)15-11(16)18/h2-4,6H,5H2,1H3,(H,13,14)(H,15,17,18). The molecular weight excluding hydrogens is 256 g/mol. The van der Waals surface area contributed by atoms with Gasteiger partial charge in [0.15, 0.2) is 0 Å². The molecule has 0 saturated heterocycles. The zero-order valence-electron chi connectivity index (χ0n) is 9.61. The molecule has 0 aliphatic carbocycles. The summed E-state index contributed by atoms with van der Waals surface area (Å²) < 4.78 is 1.33. The van der Waals surface area contributed by atoms with Crippen molar-refractivity contribution in [2.45, 2.75) is 6.54 Å². The first-order chi connectivity index (χ1) is 8.60. The Balaban J connectivity index is 2.36. The molecule has 94 valence electrons. The molecule has 0 fully saturated rings. The van der Waals surface area contributed by atoms with E-state index in [4.69, 9.17) is 11.6 Å². The van der Waals surface area contributed by atoms with Crippen molar-refractivity contribution in [3.05, 3.63) is 56.0 Å². The molecule has 0 aromatic carbocycles. The average molecular weight is 267 g/mol. The zero-order valence-corrected chi connectivity index (χ0v) is 10.4. The minimum absolute atomic E-state index is 0.0162. The SMILES string of the molecule is CNc1cc(Cn2cc(Cl)c(=O)[nH]c2=O)ccn1. The number of pyridine rings is 1. The first kappa shape index (κ1) is 12.4. The van der Waals surface area contributed by atoms with E-state index >= 15 is 0 Å². The van der Waals surface area contributed by atoms with Crippen LogP contribution in [0.3, 0.4) is 0 Å². The van der Waals surface area contributed by atoms with E-state index in [-0.39, 0.29) is 5.02 Å². The van der Waals surface area contributed by atoms with Crippen molar-refractivity contribution in [2.75, 3.05) is 12.4 Å². The molecule has 6 nitrogen and oxygen atoms in total. The molecule has 2 aromatic heterocycles. The predicted octanol–water partition coefficient (Wildman–Crippen LogP) is 0.675. The summed E-state index contributed by atoms with van der Waals surface area (Å²) in [6.07, 6.45) is 2.96. The fourth-order valence-electron chi connectivity index (χ4n) is 1.51. The van der Waals surface area contributed by atoms with E-state index in [1.54, 1.807) is 19.3 Å². The first-order valence-corrected chi connectivity index (χ1v) is 5.60. The molecule has 0 aliphatic rings. The summed E-state index contributed by atoms with van der Waals surface area (Å²) in [6.45, 7) is 0.312. The van der Waals surface area contributed by atoms with E-state index in [2.05, 4.69) is 15.3 Å². The lowest BCUT2D eigenvalue weighted by molar-refractivity contribution is 0.720. The normalized spacial score (nSPS) is 10.3. The third kappa shape index (κ3) is 2.60. The van der Waals surface area contributed by atoms with Gasteiger partial charge in [-0.2, -0.15) is 0 Å². The van der Waals surface area contributed by atoms with Crippen LogP contribution in [0.15, 0.2) is 34.1 Å². The number of hydrogen-bond donors (Lipinski definition) is 2. The van der Waals surface area contributed by atoms with Gasteiger partial charge in [0, 0.05) is 19.4 Å². The molecule has 0 atom stereocenters. The smallest absolute Gasteiger partial charge is 0.328 e. The molecule has 18 heavy (non-hydrogen) atoms. The van der Waals surface area contributed by atoms with Crippen LogP contribution in [0, 0.1) is 0 Å². The molecule has 0 amide bonds. The van der Waals surface area contributed by atoms with Gasteiger partial charge in [0.25, 0.3) is 5.56 Å². The molecule has 0 aliphatic heterocycles. The Morgan fingerprint density at radius 3 is 3.00 bits per heavy atom. The van der Waals surface area contributed by atoms with Crippen LogP contribution in [0.1, 0.15) is 5.56 Å². The molecular formula is C11H11ClN4O2. The Labute approximate surface area is 107 Å². The fraction of sp³-hybridized carbons (Fsp3) is 0.182. The van der Waals surface area contributed by atoms with Crippen molar-refractivity contribution in [1.82, 2.24) is 14.5 Å². The molecule has 0 saturated carbocycles. The number of aromatic amines is 1. The second-order valence-electron chi connectivity index (χ2n) is 3.66. The van der Waals surface area contributed by atoms with Crippen LogP contribution in [0.5, 0.6) is 0 Å². The average Bonchev–Trinajstić information content (AvgIpc) is 2.36. The van der Waals surface area contributed by atoms with Crippen LogP contribution in [0.25, 0.3) is 0 Å². The van der Waals surface area contributed by atoms with Gasteiger partial charge in [0.1, 0.15) is 10.8 Å². The van der Waals surface area contributed by atoms with Gasteiger partial charge in [0.05, 0.1) is 6.54 Å². The first-order valence-electron chi connectivity index (χ1n) is 5.22. The number of nitrogens with one attached hydrogen (secondary N) is 2. The van der Waals surface area contributed by atoms with Crippen molar-refractivity contribution in [3.8, 4) is 0 Å². The second-order valence-corrected chi connectivity index (χ2v) is 4.07. The highest BCUT2D eigenvalue weighted by atomic mass is 35.5. The van der Waals surface area contributed by atoms with Gasteiger partial charge in [-0.05, 0) is 17.7 Å². The highest BCUT2D eigenvalue weighted by Gasteiger charge is 2.03. The topological polar surface area (TPSA) is 79.8 Å². The van der Waals surface area contributed by atoms with E-state index in [9.17, 15) is 9.59 Å². The van der Waals surface area contributed by atoms with Crippen molar-refractivity contribution in [1.29, 1.82) is 0 Å². The summed E-state index contributed by atoms with van der Waals surface area (Å²) in [4.78, 5) is 28.9. The summed E-state index contributed by atoms with van der Waals surface area (Å²) in [5.74, 6) is 0.705. The highest BCUT2D eigenvalue weighted by Crippen LogP contribution is 2.07. The lowest BCUT2D eigenvalue weighted by Crippen LogP contribution is -2.29. The lowest BCUT2D eigenvalue weighted by Gasteiger charge is -2.06. The van der Waals surface area contributed by atoms with Crippen LogP contribution in [0.2, 0.25) is 5.02 Å². The van der Waals surface area contributed by atoms with Gasteiger partial charge < -0.3 is 5.32 Å². The number of anilines is 1. The van der Waals surface area contributed by atoms with Crippen LogP contribution < -0.4 is 16.6 Å². The molecule has 0 radical (unpaired) electrons. The monoisotopic (exact) mass is 266 g/mol. The van der Waals surface area contributed by atoms with Crippen molar-refractivity contribution < 1.29 is 0 Å². The Morgan fingerprint density at radius 1 is 1.50 bits per heavy atom. The van der Waals surface area contributed by atoms with Gasteiger partial charge in [-0.1, -0.05) is 11.6 Å². The summed E-state index contributed by atoms with van der Waals surface area (Å²) >= 11 is 5.68. The van der Waals surface area contributed by atoms with E-state index in [1.807, 2.05) is 6.07 Å². The summed E-state index contributed by atoms with van der Waals surface area (Å²) in [5.41, 5.74) is -0.199. The van der Waals surface area contributed by atoms with Crippen LogP contribution in [-0.2, 0) is 6.54 Å². The number of hydrogen-bond acceptors (Lipinski definition) is 4. The maximum Gasteiger partial charge on any atom is 0.328 e. The number of nitrogens with zero attached hydrogens (tertiary/aromatic N) is 2. The van der Waals surface area contributed by atoms with Crippen molar-refractivity contribution in [2.24, 2.45) is 0 Å². The van der Waals surface area contributed by atoms with E-state index in [1.165, 1.54) is 10.8 Å². The molecule has 0 unspecified atom stereocenters. The highest BCUT2D eigenvalue weighted by molar-refractivity contribution is 6.30. The second kappa shape index (κ2) is 5.05. The lowest BCUT2D eigenvalue weighted by atomic mass is 10.2. The van der Waals surface area contributed by atoms with Gasteiger partial charge in [-0.15, -0.1) is 0 Å². The molecule has 7 heteroatoms. The Hall–Kier alpha value is -2.08. The summed E-state index contributed by atoms with van der Waals surface area (Å²) in [7, 11) is 1.76. The number of aromatic nitrogens is 3. The van der Waals surface area contributed by atoms with Gasteiger partial charge in [0.2, 0.25) is 0 Å². The number of rotatable bonds is 3. The van der Waals surface area contributed by atoms with Gasteiger partial charge >= 0.3 is 5.69 Å². The minimum atomic E-state index is -0.580. The fourth-order valence-corrected chi connectivity index (χ4v) is 1.67. The Kier molecular flexibility index (Phi) is 3.47. The number of H-pyrrole nitrogens is 1. The largest absolute Gasteiger partial charge is 0.373 e. The van der Waals surface area contributed by atoms with Crippen molar-refractivity contribution >= 4 is 17.4 Å². The van der Waals surface area contributed by atoms with Crippen molar-refractivity contribution in [3.63, 3.8) is 0 Å². The molecule has 0 spiro atoms. The van der Waals surface area contributed by atoms with Crippen LogP contribution >= 0.6 is 11.6 Å². The molecule has 0 bridgehead atoms. The molecule has 2 aromatic rings. The van der Waals surface area contributed by atoms with Gasteiger partial charge in [-0.25, -0.2) is 9.78 Å².